The molecule has 0 saturated carbocycles. The summed E-state index contributed by atoms with van der Waals surface area (Å²) in [4.78, 5) is 61.8. The fraction of sp³-hybridized carbons (Fsp3) is 0.340. The average Bonchev–Trinajstić information content (AvgIpc) is 3.86. The third-order valence-electron chi connectivity index (χ3n) is 12.8. The van der Waals surface area contributed by atoms with E-state index in [1.807, 2.05) is 77.8 Å². The first-order chi connectivity index (χ1) is 33.5. The van der Waals surface area contributed by atoms with E-state index in [0.29, 0.717) is 88.7 Å². The van der Waals surface area contributed by atoms with Crippen molar-refractivity contribution in [3.8, 4) is 23.0 Å². The van der Waals surface area contributed by atoms with Crippen LogP contribution in [0.5, 0.6) is 23.0 Å². The molecule has 3 N–H and O–H groups in total. The zero-order valence-electron chi connectivity index (χ0n) is 39.3. The zero-order valence-corrected chi connectivity index (χ0v) is 41.0. The SMILES string of the molecule is CNC(=O)CCC(C)SSC(C)CCC(=O)Nc1cc(COc2cc3c(cc2OC)C(=O)N2c4ccccc4C[C@H]2C=N3)cc(COc2cc3c(cc2OC)C(=O)N2c4ccccc4C[C@H]2CN3)c1. The quantitative estimate of drug-likeness (QED) is 0.0718. The van der Waals surface area contributed by atoms with Crippen molar-refractivity contribution in [2.45, 2.75) is 88.2 Å². The van der Waals surface area contributed by atoms with E-state index in [2.05, 4.69) is 35.9 Å². The maximum Gasteiger partial charge on any atom is 0.261 e. The Hall–Kier alpha value is -6.65. The van der Waals surface area contributed by atoms with Gasteiger partial charge in [-0.2, -0.15) is 0 Å². The van der Waals surface area contributed by atoms with Crippen LogP contribution in [0.4, 0.5) is 28.4 Å². The second kappa shape index (κ2) is 20.9. The van der Waals surface area contributed by atoms with Gasteiger partial charge in [0.2, 0.25) is 11.8 Å². The van der Waals surface area contributed by atoms with Gasteiger partial charge in [0.1, 0.15) is 13.2 Å². The van der Waals surface area contributed by atoms with Crippen molar-refractivity contribution in [3.05, 3.63) is 124 Å². The maximum atomic E-state index is 14.1. The molecule has 16 heteroatoms. The molecule has 0 saturated heterocycles. The third kappa shape index (κ3) is 10.4. The van der Waals surface area contributed by atoms with E-state index in [0.717, 1.165) is 46.5 Å². The van der Waals surface area contributed by atoms with Crippen molar-refractivity contribution in [2.24, 2.45) is 4.99 Å². The Morgan fingerprint density at radius 1 is 0.725 bits per heavy atom. The van der Waals surface area contributed by atoms with Gasteiger partial charge in [-0.1, -0.05) is 71.8 Å². The lowest BCUT2D eigenvalue weighted by atomic mass is 10.1. The average molecular weight is 969 g/mol. The van der Waals surface area contributed by atoms with Crippen LogP contribution in [0.15, 0.2) is 96.0 Å². The van der Waals surface area contributed by atoms with Gasteiger partial charge in [0, 0.05) is 78.8 Å². The number of para-hydroxylation sites is 2. The van der Waals surface area contributed by atoms with Crippen LogP contribution >= 0.6 is 21.6 Å². The van der Waals surface area contributed by atoms with Crippen LogP contribution in [0, 0.1) is 0 Å². The molecular weight excluding hydrogens is 913 g/mol. The minimum Gasteiger partial charge on any atom is -0.493 e. The van der Waals surface area contributed by atoms with Crippen molar-refractivity contribution >= 4 is 79.9 Å². The van der Waals surface area contributed by atoms with E-state index >= 15 is 0 Å². The summed E-state index contributed by atoms with van der Waals surface area (Å²) in [7, 11) is 8.21. The number of amides is 4. The number of anilines is 4. The summed E-state index contributed by atoms with van der Waals surface area (Å²) in [6, 6.07) is 28.4. The van der Waals surface area contributed by atoms with E-state index < -0.39 is 0 Å². The molecule has 14 nitrogen and oxygen atoms in total. The molecule has 5 aromatic rings. The predicted molar refractivity (Wildman–Crippen MR) is 274 cm³/mol. The number of nitrogens with one attached hydrogen (secondary N) is 3. The normalized spacial score (nSPS) is 17.1. The summed E-state index contributed by atoms with van der Waals surface area (Å²) in [5, 5.41) is 9.79. The molecule has 2 unspecified atom stereocenters. The monoisotopic (exact) mass is 968 g/mol. The third-order valence-corrected chi connectivity index (χ3v) is 16.4. The summed E-state index contributed by atoms with van der Waals surface area (Å²) in [5.74, 6) is 1.30. The molecule has 0 aromatic heterocycles. The molecule has 69 heavy (non-hydrogen) atoms. The smallest absolute Gasteiger partial charge is 0.261 e. The van der Waals surface area contributed by atoms with Crippen LogP contribution in [0.1, 0.15) is 82.5 Å². The topological polar surface area (TPSA) is 160 Å². The number of ether oxygens (including phenoxy) is 4. The molecule has 358 valence electrons. The Labute approximate surface area is 410 Å². The number of aliphatic imine (C=N–C) groups is 1. The maximum absolute atomic E-state index is 14.1. The highest BCUT2D eigenvalue weighted by Crippen LogP contribution is 2.43. The van der Waals surface area contributed by atoms with Gasteiger partial charge in [0.15, 0.2) is 23.0 Å². The number of carbonyl (C=O) groups is 4. The Balaban J connectivity index is 0.929. The number of benzene rings is 5. The van der Waals surface area contributed by atoms with E-state index in [-0.39, 0.29) is 54.2 Å². The molecule has 4 heterocycles. The van der Waals surface area contributed by atoms with Crippen LogP contribution in [0.2, 0.25) is 0 Å². The molecule has 0 aliphatic carbocycles. The first-order valence-electron chi connectivity index (χ1n) is 23.3. The summed E-state index contributed by atoms with van der Waals surface area (Å²) in [5.41, 5.74) is 8.18. The molecule has 4 amide bonds. The van der Waals surface area contributed by atoms with E-state index in [9.17, 15) is 19.2 Å². The van der Waals surface area contributed by atoms with Gasteiger partial charge in [-0.25, -0.2) is 0 Å². The van der Waals surface area contributed by atoms with Crippen molar-refractivity contribution in [3.63, 3.8) is 0 Å². The predicted octanol–water partition coefficient (Wildman–Crippen LogP) is 9.55. The Morgan fingerprint density at radius 3 is 1.96 bits per heavy atom. The summed E-state index contributed by atoms with van der Waals surface area (Å²) < 4.78 is 24.5. The summed E-state index contributed by atoms with van der Waals surface area (Å²) >= 11 is 0. The number of carbonyl (C=O) groups excluding carboxylic acids is 4. The standard InChI is InChI=1S/C53H56N6O8S2/c1-31(14-16-50(60)54-3)68-69-32(2)15-17-51(61)57-37-19-33(29-66-48-25-42-40(23-46(48)64-4)52(62)58-38(27-55-42)21-35-10-6-8-12-44(35)58)18-34(20-37)30-67-49-26-43-41(24-47(49)65-5)53(63)59-39(28-56-43)22-36-11-7-9-13-45(36)59/h6-13,18-20,23-27,31-32,38-39,56H,14-17,21-22,28-30H2,1-5H3,(H,54,60)(H,57,61)/t31?,32?,38-,39-/m0/s1. The number of methoxy groups -OCH3 is 2. The summed E-state index contributed by atoms with van der Waals surface area (Å²) in [6.07, 6.45) is 5.51. The molecule has 0 spiro atoms. The highest BCUT2D eigenvalue weighted by molar-refractivity contribution is 8.77. The van der Waals surface area contributed by atoms with Crippen molar-refractivity contribution < 1.29 is 38.1 Å². The van der Waals surface area contributed by atoms with Gasteiger partial charge in [-0.05, 0) is 84.0 Å². The lowest BCUT2D eigenvalue weighted by Crippen LogP contribution is -2.39. The lowest BCUT2D eigenvalue weighted by Gasteiger charge is -2.22. The number of fused-ring (bicyclic) bond motifs is 8. The molecule has 9 rings (SSSR count). The van der Waals surface area contributed by atoms with Crippen LogP contribution in [0.25, 0.3) is 0 Å². The largest absolute Gasteiger partial charge is 0.493 e. The Bertz CT molecular complexity index is 2820. The number of rotatable bonds is 18. The highest BCUT2D eigenvalue weighted by Gasteiger charge is 2.39. The van der Waals surface area contributed by atoms with Crippen LogP contribution in [0.3, 0.4) is 0 Å². The minimum absolute atomic E-state index is 0.0241. The first kappa shape index (κ1) is 47.4. The van der Waals surface area contributed by atoms with E-state index in [1.165, 1.54) is 7.11 Å². The second-order valence-electron chi connectivity index (χ2n) is 17.7. The van der Waals surface area contributed by atoms with Gasteiger partial charge < -0.3 is 39.8 Å². The van der Waals surface area contributed by atoms with Gasteiger partial charge in [-0.3, -0.25) is 29.1 Å². The molecule has 5 aromatic carbocycles. The minimum atomic E-state index is -0.201. The van der Waals surface area contributed by atoms with Gasteiger partial charge in [0.05, 0.1) is 48.8 Å². The molecule has 4 aliphatic heterocycles. The molecule has 0 bridgehead atoms. The fourth-order valence-corrected chi connectivity index (χ4v) is 11.8. The first-order valence-corrected chi connectivity index (χ1v) is 25.5. The highest BCUT2D eigenvalue weighted by atomic mass is 33.1. The second-order valence-corrected chi connectivity index (χ2v) is 20.8. The molecular formula is C53H56N6O8S2. The van der Waals surface area contributed by atoms with E-state index in [4.69, 9.17) is 23.9 Å². The fourth-order valence-electron chi connectivity index (χ4n) is 9.23. The molecule has 0 radical (unpaired) electrons. The molecule has 0 fully saturated rings. The van der Waals surface area contributed by atoms with Crippen molar-refractivity contribution in [2.75, 3.05) is 48.2 Å². The van der Waals surface area contributed by atoms with Crippen LogP contribution in [-0.2, 0) is 35.6 Å². The van der Waals surface area contributed by atoms with Gasteiger partial charge >= 0.3 is 0 Å². The van der Waals surface area contributed by atoms with Gasteiger partial charge in [-0.15, -0.1) is 0 Å². The van der Waals surface area contributed by atoms with Crippen molar-refractivity contribution in [1.82, 2.24) is 5.32 Å². The van der Waals surface area contributed by atoms with Crippen molar-refractivity contribution in [1.29, 1.82) is 0 Å². The number of hydrogen-bond acceptors (Lipinski definition) is 12. The lowest BCUT2D eigenvalue weighted by molar-refractivity contribution is -0.120. The zero-order chi connectivity index (χ0) is 48.2. The van der Waals surface area contributed by atoms with E-state index in [1.54, 1.807) is 58.8 Å². The molecule has 4 atom stereocenters. The van der Waals surface area contributed by atoms with Crippen LogP contribution in [-0.4, -0.2) is 80.2 Å². The van der Waals surface area contributed by atoms with Gasteiger partial charge in [0.25, 0.3) is 11.8 Å². The molecule has 4 aliphatic rings. The Morgan fingerprint density at radius 2 is 1.30 bits per heavy atom. The summed E-state index contributed by atoms with van der Waals surface area (Å²) in [6.45, 7) is 4.98. The van der Waals surface area contributed by atoms with Crippen LogP contribution < -0.4 is 44.7 Å². The number of hydrogen-bond donors (Lipinski definition) is 3. The number of nitrogens with zero attached hydrogens (tertiary/aromatic N) is 3. The Kier molecular flexibility index (Phi) is 14.4.